The Morgan fingerprint density at radius 2 is 1.55 bits per heavy atom. The molecule has 0 fully saturated rings. The summed E-state index contributed by atoms with van der Waals surface area (Å²) in [5, 5.41) is 0. The maximum atomic E-state index is 11.6. The van der Waals surface area contributed by atoms with Crippen LogP contribution in [-0.2, 0) is 21.6 Å². The normalized spacial score (nSPS) is 13.5. The summed E-state index contributed by atoms with van der Waals surface area (Å²) >= 11 is 0. The van der Waals surface area contributed by atoms with E-state index in [0.29, 0.717) is 6.42 Å². The van der Waals surface area contributed by atoms with Crippen LogP contribution in [0.15, 0.2) is 60.7 Å². The molecule has 1 unspecified atom stereocenters. The van der Waals surface area contributed by atoms with Gasteiger partial charge in [0.2, 0.25) is 0 Å². The summed E-state index contributed by atoms with van der Waals surface area (Å²) in [5.41, 5.74) is 1.62. The van der Waals surface area contributed by atoms with Crippen LogP contribution in [0.25, 0.3) is 0 Å². The van der Waals surface area contributed by atoms with Gasteiger partial charge in [0.1, 0.15) is 5.60 Å². The Bertz CT molecular complexity index is 548. The Balaban J connectivity index is 2.40. The van der Waals surface area contributed by atoms with Crippen molar-refractivity contribution < 1.29 is 9.53 Å². The minimum absolute atomic E-state index is 0.244. The Labute approximate surface area is 120 Å². The molecule has 2 heteroatoms. The maximum Gasteiger partial charge on any atom is 0.303 e. The quantitative estimate of drug-likeness (QED) is 0.763. The molecular formula is C18H20O2. The van der Waals surface area contributed by atoms with E-state index < -0.39 is 5.60 Å². The van der Waals surface area contributed by atoms with E-state index in [0.717, 1.165) is 12.0 Å². The number of benzene rings is 2. The smallest absolute Gasteiger partial charge is 0.303 e. The first-order valence-corrected chi connectivity index (χ1v) is 6.95. The highest BCUT2D eigenvalue weighted by molar-refractivity contribution is 5.67. The highest BCUT2D eigenvalue weighted by Gasteiger charge is 2.33. The molecule has 2 rings (SSSR count). The van der Waals surface area contributed by atoms with Crippen molar-refractivity contribution in [3.63, 3.8) is 0 Å². The number of carbonyl (C=O) groups excluding carboxylic acids is 1. The van der Waals surface area contributed by atoms with Crippen molar-refractivity contribution >= 4 is 5.97 Å². The molecule has 0 heterocycles. The molecule has 0 radical (unpaired) electrons. The first kappa shape index (κ1) is 14.3. The van der Waals surface area contributed by atoms with Gasteiger partial charge in [-0.2, -0.15) is 0 Å². The molecule has 0 bridgehead atoms. The second-order valence-electron chi connectivity index (χ2n) is 4.97. The van der Waals surface area contributed by atoms with Gasteiger partial charge in [-0.25, -0.2) is 0 Å². The Kier molecular flexibility index (Phi) is 4.57. The average Bonchev–Trinajstić information content (AvgIpc) is 2.48. The van der Waals surface area contributed by atoms with Gasteiger partial charge in [-0.05, 0) is 17.5 Å². The molecule has 0 amide bonds. The number of ether oxygens (including phenoxy) is 1. The number of carbonyl (C=O) groups is 1. The molecule has 20 heavy (non-hydrogen) atoms. The third kappa shape index (κ3) is 3.27. The van der Waals surface area contributed by atoms with Gasteiger partial charge >= 0.3 is 5.97 Å². The summed E-state index contributed by atoms with van der Waals surface area (Å²) in [5.74, 6) is -0.244. The van der Waals surface area contributed by atoms with Crippen molar-refractivity contribution in [2.45, 2.75) is 32.3 Å². The van der Waals surface area contributed by atoms with Crippen LogP contribution in [0.1, 0.15) is 31.4 Å². The van der Waals surface area contributed by atoms with Crippen LogP contribution in [-0.4, -0.2) is 5.97 Å². The van der Waals surface area contributed by atoms with E-state index in [1.54, 1.807) is 0 Å². The van der Waals surface area contributed by atoms with Gasteiger partial charge in [-0.1, -0.05) is 67.6 Å². The maximum absolute atomic E-state index is 11.6. The summed E-state index contributed by atoms with van der Waals surface area (Å²) in [6.07, 6.45) is 1.43. The van der Waals surface area contributed by atoms with Crippen LogP contribution in [0.4, 0.5) is 0 Å². The first-order valence-electron chi connectivity index (χ1n) is 6.95. The van der Waals surface area contributed by atoms with Crippen molar-refractivity contribution in [3.05, 3.63) is 71.8 Å². The zero-order valence-corrected chi connectivity index (χ0v) is 12.0. The molecule has 2 nitrogen and oxygen atoms in total. The van der Waals surface area contributed by atoms with Crippen LogP contribution in [0.3, 0.4) is 0 Å². The number of hydrogen-bond acceptors (Lipinski definition) is 2. The minimum Gasteiger partial charge on any atom is -0.454 e. The van der Waals surface area contributed by atoms with Crippen molar-refractivity contribution in [2.75, 3.05) is 0 Å². The second kappa shape index (κ2) is 6.38. The van der Waals surface area contributed by atoms with Gasteiger partial charge in [-0.3, -0.25) is 4.79 Å². The minimum atomic E-state index is -0.589. The fourth-order valence-corrected chi connectivity index (χ4v) is 2.54. The summed E-state index contributed by atoms with van der Waals surface area (Å²) in [7, 11) is 0. The van der Waals surface area contributed by atoms with Crippen LogP contribution >= 0.6 is 0 Å². The molecule has 0 saturated heterocycles. The van der Waals surface area contributed by atoms with Gasteiger partial charge in [0.25, 0.3) is 0 Å². The standard InChI is InChI=1S/C18H20O2/c1-3-18(20-15(2)19,17-12-8-5-9-13-17)14-16-10-6-4-7-11-16/h4-13H,3,14H2,1-2H3. The van der Waals surface area contributed by atoms with Gasteiger partial charge in [0, 0.05) is 13.3 Å². The van der Waals surface area contributed by atoms with E-state index in [1.165, 1.54) is 12.5 Å². The predicted molar refractivity (Wildman–Crippen MR) is 80.3 cm³/mol. The van der Waals surface area contributed by atoms with Crippen LogP contribution < -0.4 is 0 Å². The molecule has 1 atom stereocenters. The molecule has 104 valence electrons. The van der Waals surface area contributed by atoms with E-state index in [1.807, 2.05) is 48.5 Å². The molecule has 0 aliphatic carbocycles. The van der Waals surface area contributed by atoms with E-state index in [4.69, 9.17) is 4.74 Å². The van der Waals surface area contributed by atoms with Crippen LogP contribution in [0.5, 0.6) is 0 Å². The lowest BCUT2D eigenvalue weighted by Crippen LogP contribution is -2.33. The lowest BCUT2D eigenvalue weighted by Gasteiger charge is -2.33. The lowest BCUT2D eigenvalue weighted by molar-refractivity contribution is -0.158. The molecular weight excluding hydrogens is 248 g/mol. The summed E-state index contributed by atoms with van der Waals surface area (Å²) in [6, 6.07) is 20.1. The molecule has 0 aliphatic rings. The summed E-state index contributed by atoms with van der Waals surface area (Å²) in [6.45, 7) is 3.53. The molecule has 0 aliphatic heterocycles. The monoisotopic (exact) mass is 268 g/mol. The third-order valence-corrected chi connectivity index (χ3v) is 3.54. The van der Waals surface area contributed by atoms with Crippen LogP contribution in [0.2, 0.25) is 0 Å². The van der Waals surface area contributed by atoms with Crippen molar-refractivity contribution in [3.8, 4) is 0 Å². The Hall–Kier alpha value is -2.09. The van der Waals surface area contributed by atoms with Crippen molar-refractivity contribution in [1.29, 1.82) is 0 Å². The van der Waals surface area contributed by atoms with E-state index in [2.05, 4.69) is 19.1 Å². The number of esters is 1. The van der Waals surface area contributed by atoms with Gasteiger partial charge in [0.15, 0.2) is 0 Å². The molecule has 0 spiro atoms. The zero-order valence-electron chi connectivity index (χ0n) is 12.0. The van der Waals surface area contributed by atoms with Crippen molar-refractivity contribution in [2.24, 2.45) is 0 Å². The van der Waals surface area contributed by atoms with Gasteiger partial charge in [-0.15, -0.1) is 0 Å². The summed E-state index contributed by atoms with van der Waals surface area (Å²) in [4.78, 5) is 11.6. The Morgan fingerprint density at radius 3 is 2.05 bits per heavy atom. The Morgan fingerprint density at radius 1 is 1.00 bits per heavy atom. The first-order chi connectivity index (χ1) is 9.66. The molecule has 0 aromatic heterocycles. The van der Waals surface area contributed by atoms with Gasteiger partial charge < -0.3 is 4.74 Å². The molecule has 2 aromatic carbocycles. The fraction of sp³-hybridized carbons (Fsp3) is 0.278. The van der Waals surface area contributed by atoms with E-state index >= 15 is 0 Å². The van der Waals surface area contributed by atoms with Crippen LogP contribution in [0, 0.1) is 0 Å². The van der Waals surface area contributed by atoms with Gasteiger partial charge in [0.05, 0.1) is 0 Å². The van der Waals surface area contributed by atoms with E-state index in [-0.39, 0.29) is 5.97 Å². The second-order valence-corrected chi connectivity index (χ2v) is 4.97. The predicted octanol–water partition coefficient (Wildman–Crippen LogP) is 4.10. The lowest BCUT2D eigenvalue weighted by atomic mass is 9.84. The van der Waals surface area contributed by atoms with Crippen molar-refractivity contribution in [1.82, 2.24) is 0 Å². The summed E-state index contributed by atoms with van der Waals surface area (Å²) < 4.78 is 5.74. The zero-order chi connectivity index (χ0) is 14.4. The number of rotatable bonds is 5. The third-order valence-electron chi connectivity index (χ3n) is 3.54. The molecule has 0 N–H and O–H groups in total. The molecule has 2 aromatic rings. The average molecular weight is 268 g/mol. The highest BCUT2D eigenvalue weighted by Crippen LogP contribution is 2.33. The topological polar surface area (TPSA) is 26.3 Å². The number of hydrogen-bond donors (Lipinski definition) is 0. The SMILES string of the molecule is CCC(Cc1ccccc1)(OC(C)=O)c1ccccc1. The fourth-order valence-electron chi connectivity index (χ4n) is 2.54. The highest BCUT2D eigenvalue weighted by atomic mass is 16.6. The largest absolute Gasteiger partial charge is 0.454 e. The molecule has 0 saturated carbocycles. The van der Waals surface area contributed by atoms with E-state index in [9.17, 15) is 4.79 Å².